The van der Waals surface area contributed by atoms with Gasteiger partial charge in [0.15, 0.2) is 0 Å². The summed E-state index contributed by atoms with van der Waals surface area (Å²) in [6.45, 7) is 12.7. The molecule has 5 rings (SSSR count). The number of aromatic nitrogens is 4. The Morgan fingerprint density at radius 3 is 2.47 bits per heavy atom. The van der Waals surface area contributed by atoms with E-state index >= 15 is 0 Å². The standard InChI is InChI=1S/C25H38N6O/c1-25(2,3)24-27-21(19-6-4-7-19)18-22(28-24)30-15-13-29(14-16-30)12-5-17-32-23-10-11-26-31(23)20-8-9-20/h10-11,18-20H,4-9,12-17H2,1-3H3. The molecular formula is C25H38N6O. The van der Waals surface area contributed by atoms with Gasteiger partial charge in [0.05, 0.1) is 18.8 Å². The molecule has 0 atom stereocenters. The van der Waals surface area contributed by atoms with E-state index in [1.807, 2.05) is 16.9 Å². The summed E-state index contributed by atoms with van der Waals surface area (Å²) >= 11 is 0. The third kappa shape index (κ3) is 4.92. The fourth-order valence-corrected chi connectivity index (χ4v) is 4.54. The SMILES string of the molecule is CC(C)(C)c1nc(C2CCC2)cc(N2CCN(CCCOc3ccnn3C3CC3)CC2)n1. The van der Waals surface area contributed by atoms with E-state index in [4.69, 9.17) is 14.7 Å². The number of hydrogen-bond donors (Lipinski definition) is 0. The van der Waals surface area contributed by atoms with Gasteiger partial charge in [0.2, 0.25) is 5.88 Å². The van der Waals surface area contributed by atoms with Crippen molar-refractivity contribution in [2.45, 2.75) is 76.7 Å². The molecule has 0 aromatic carbocycles. The van der Waals surface area contributed by atoms with Crippen LogP contribution in [0.15, 0.2) is 18.3 Å². The lowest BCUT2D eigenvalue weighted by Crippen LogP contribution is -2.47. The molecule has 174 valence electrons. The molecule has 3 heterocycles. The largest absolute Gasteiger partial charge is 0.478 e. The molecule has 2 saturated carbocycles. The first-order valence-electron chi connectivity index (χ1n) is 12.5. The Bertz CT molecular complexity index is 903. The van der Waals surface area contributed by atoms with Crippen molar-refractivity contribution in [3.63, 3.8) is 0 Å². The molecule has 2 aromatic heterocycles. The maximum absolute atomic E-state index is 6.00. The van der Waals surface area contributed by atoms with Crippen LogP contribution in [0.2, 0.25) is 0 Å². The monoisotopic (exact) mass is 438 g/mol. The highest BCUT2D eigenvalue weighted by Gasteiger charge is 2.28. The maximum Gasteiger partial charge on any atom is 0.211 e. The number of rotatable bonds is 8. The molecule has 0 spiro atoms. The quantitative estimate of drug-likeness (QED) is 0.577. The molecule has 2 aromatic rings. The zero-order valence-electron chi connectivity index (χ0n) is 20.0. The summed E-state index contributed by atoms with van der Waals surface area (Å²) in [5, 5.41) is 4.40. The Morgan fingerprint density at radius 2 is 1.81 bits per heavy atom. The molecule has 0 N–H and O–H groups in total. The number of piperazine rings is 1. The first-order chi connectivity index (χ1) is 15.5. The van der Waals surface area contributed by atoms with Gasteiger partial charge in [-0.3, -0.25) is 4.90 Å². The second-order valence-electron chi connectivity index (χ2n) is 10.7. The lowest BCUT2D eigenvalue weighted by atomic mass is 9.82. The first-order valence-corrected chi connectivity index (χ1v) is 12.5. The molecule has 1 saturated heterocycles. The summed E-state index contributed by atoms with van der Waals surface area (Å²) in [5.74, 6) is 3.68. The fourth-order valence-electron chi connectivity index (χ4n) is 4.54. The van der Waals surface area contributed by atoms with Gasteiger partial charge in [-0.2, -0.15) is 5.10 Å². The number of anilines is 1. The van der Waals surface area contributed by atoms with Crippen LogP contribution in [0, 0.1) is 0 Å². The summed E-state index contributed by atoms with van der Waals surface area (Å²) in [6.07, 6.45) is 9.24. The van der Waals surface area contributed by atoms with Gasteiger partial charge in [0.25, 0.3) is 0 Å². The second-order valence-corrected chi connectivity index (χ2v) is 10.7. The van der Waals surface area contributed by atoms with Crippen LogP contribution in [0.4, 0.5) is 5.82 Å². The van der Waals surface area contributed by atoms with Gasteiger partial charge in [0.1, 0.15) is 11.6 Å². The Hall–Kier alpha value is -2.15. The van der Waals surface area contributed by atoms with E-state index in [0.29, 0.717) is 12.0 Å². The average Bonchev–Trinajstić information content (AvgIpc) is 3.47. The summed E-state index contributed by atoms with van der Waals surface area (Å²) in [7, 11) is 0. The van der Waals surface area contributed by atoms with Gasteiger partial charge in [-0.15, -0.1) is 0 Å². The van der Waals surface area contributed by atoms with Gasteiger partial charge in [-0.25, -0.2) is 14.6 Å². The molecule has 3 fully saturated rings. The van der Waals surface area contributed by atoms with E-state index in [-0.39, 0.29) is 5.41 Å². The van der Waals surface area contributed by atoms with E-state index in [1.165, 1.54) is 37.8 Å². The zero-order valence-corrected chi connectivity index (χ0v) is 20.0. The van der Waals surface area contributed by atoms with Crippen LogP contribution in [0.3, 0.4) is 0 Å². The van der Waals surface area contributed by atoms with Crippen LogP contribution in [0.25, 0.3) is 0 Å². The second kappa shape index (κ2) is 9.00. The van der Waals surface area contributed by atoms with E-state index in [9.17, 15) is 0 Å². The van der Waals surface area contributed by atoms with Gasteiger partial charge in [-0.1, -0.05) is 27.2 Å². The molecule has 32 heavy (non-hydrogen) atoms. The highest BCUT2D eigenvalue weighted by atomic mass is 16.5. The number of ether oxygens (including phenoxy) is 1. The van der Waals surface area contributed by atoms with Crippen molar-refractivity contribution < 1.29 is 4.74 Å². The fraction of sp³-hybridized carbons (Fsp3) is 0.720. The molecular weight excluding hydrogens is 400 g/mol. The minimum absolute atomic E-state index is 0.0226. The predicted molar refractivity (Wildman–Crippen MR) is 127 cm³/mol. The molecule has 0 unspecified atom stereocenters. The van der Waals surface area contributed by atoms with Gasteiger partial charge >= 0.3 is 0 Å². The van der Waals surface area contributed by atoms with Crippen LogP contribution in [-0.2, 0) is 5.41 Å². The third-order valence-corrected chi connectivity index (χ3v) is 7.02. The Balaban J connectivity index is 1.12. The lowest BCUT2D eigenvalue weighted by Gasteiger charge is -2.36. The van der Waals surface area contributed by atoms with Crippen molar-refractivity contribution in [2.24, 2.45) is 0 Å². The van der Waals surface area contributed by atoms with Gasteiger partial charge in [0, 0.05) is 61.9 Å². The summed E-state index contributed by atoms with van der Waals surface area (Å²) < 4.78 is 8.05. The maximum atomic E-state index is 6.00. The smallest absolute Gasteiger partial charge is 0.211 e. The van der Waals surface area contributed by atoms with Crippen molar-refractivity contribution in [2.75, 3.05) is 44.2 Å². The molecule has 0 amide bonds. The van der Waals surface area contributed by atoms with E-state index < -0.39 is 0 Å². The van der Waals surface area contributed by atoms with Crippen molar-refractivity contribution >= 4 is 5.82 Å². The van der Waals surface area contributed by atoms with Crippen LogP contribution >= 0.6 is 0 Å². The van der Waals surface area contributed by atoms with Crippen molar-refractivity contribution in [3.05, 3.63) is 29.8 Å². The third-order valence-electron chi connectivity index (χ3n) is 7.02. The van der Waals surface area contributed by atoms with E-state index in [0.717, 1.165) is 63.3 Å². The van der Waals surface area contributed by atoms with Crippen LogP contribution in [-0.4, -0.2) is 64.0 Å². The molecule has 3 aliphatic rings. The Morgan fingerprint density at radius 1 is 1.03 bits per heavy atom. The molecule has 0 bridgehead atoms. The Kier molecular flexibility index (Phi) is 6.10. The first kappa shape index (κ1) is 21.7. The number of nitrogens with zero attached hydrogens (tertiary/aromatic N) is 6. The molecule has 7 nitrogen and oxygen atoms in total. The normalized spacial score (nSPS) is 20.4. The van der Waals surface area contributed by atoms with Crippen molar-refractivity contribution in [1.29, 1.82) is 0 Å². The highest BCUT2D eigenvalue weighted by Crippen LogP contribution is 2.38. The van der Waals surface area contributed by atoms with E-state index in [1.54, 1.807) is 0 Å². The minimum Gasteiger partial charge on any atom is -0.478 e. The zero-order chi connectivity index (χ0) is 22.1. The summed E-state index contributed by atoms with van der Waals surface area (Å²) in [5.41, 5.74) is 1.24. The molecule has 7 heteroatoms. The molecule has 1 aliphatic heterocycles. The Labute approximate surface area is 192 Å². The lowest BCUT2D eigenvalue weighted by molar-refractivity contribution is 0.216. The minimum atomic E-state index is -0.0226. The van der Waals surface area contributed by atoms with E-state index in [2.05, 4.69) is 41.7 Å². The highest BCUT2D eigenvalue weighted by molar-refractivity contribution is 5.42. The predicted octanol–water partition coefficient (Wildman–Crippen LogP) is 4.16. The average molecular weight is 439 g/mol. The summed E-state index contributed by atoms with van der Waals surface area (Å²) in [4.78, 5) is 15.0. The van der Waals surface area contributed by atoms with Crippen molar-refractivity contribution in [1.82, 2.24) is 24.6 Å². The van der Waals surface area contributed by atoms with Crippen LogP contribution in [0.1, 0.15) is 82.8 Å². The molecule has 0 radical (unpaired) electrons. The number of hydrogen-bond acceptors (Lipinski definition) is 6. The molecule has 2 aliphatic carbocycles. The van der Waals surface area contributed by atoms with Crippen LogP contribution < -0.4 is 9.64 Å². The summed E-state index contributed by atoms with van der Waals surface area (Å²) in [6, 6.07) is 4.83. The van der Waals surface area contributed by atoms with Gasteiger partial charge in [-0.05, 0) is 32.1 Å². The van der Waals surface area contributed by atoms with Gasteiger partial charge < -0.3 is 9.64 Å². The van der Waals surface area contributed by atoms with Crippen molar-refractivity contribution in [3.8, 4) is 5.88 Å². The topological polar surface area (TPSA) is 59.3 Å². The van der Waals surface area contributed by atoms with Crippen LogP contribution in [0.5, 0.6) is 5.88 Å².